The van der Waals surface area contributed by atoms with E-state index in [0.717, 1.165) is 70.5 Å². The number of nitrogens with zero attached hydrogens (tertiary/aromatic N) is 5. The second kappa shape index (κ2) is 13.0. The molecule has 0 spiro atoms. The number of thiazole rings is 1. The van der Waals surface area contributed by atoms with Gasteiger partial charge in [-0.2, -0.15) is 5.10 Å². The first-order valence-electron chi connectivity index (χ1n) is 13.8. The van der Waals surface area contributed by atoms with Crippen molar-refractivity contribution in [1.29, 1.82) is 0 Å². The lowest BCUT2D eigenvalue weighted by Crippen LogP contribution is -2.34. The summed E-state index contributed by atoms with van der Waals surface area (Å²) in [6.07, 6.45) is 14.5. The predicted octanol–water partition coefficient (Wildman–Crippen LogP) is 6.29. The van der Waals surface area contributed by atoms with Crippen LogP contribution in [-0.4, -0.2) is 61.5 Å². The van der Waals surface area contributed by atoms with Gasteiger partial charge < -0.3 is 20.1 Å². The van der Waals surface area contributed by atoms with E-state index in [9.17, 15) is 5.11 Å². The number of aliphatic hydroxyl groups is 1. The fraction of sp³-hybridized carbons (Fsp3) is 0.323. The number of allylic oxidation sites excluding steroid dienone is 3. The summed E-state index contributed by atoms with van der Waals surface area (Å²) in [5, 5.41) is 19.4. The summed E-state index contributed by atoms with van der Waals surface area (Å²) >= 11 is 1.53. The molecule has 208 valence electrons. The van der Waals surface area contributed by atoms with Gasteiger partial charge in [0, 0.05) is 36.6 Å². The minimum atomic E-state index is -0.554. The summed E-state index contributed by atoms with van der Waals surface area (Å²) in [5.41, 5.74) is 3.46. The zero-order valence-electron chi connectivity index (χ0n) is 23.0. The molecule has 3 aromatic heterocycles. The molecule has 0 radical (unpaired) electrons. The van der Waals surface area contributed by atoms with Crippen molar-refractivity contribution in [2.75, 3.05) is 25.0 Å². The van der Waals surface area contributed by atoms with Gasteiger partial charge in [0.15, 0.2) is 5.13 Å². The zero-order chi connectivity index (χ0) is 27.9. The Morgan fingerprint density at radius 3 is 2.88 bits per heavy atom. The van der Waals surface area contributed by atoms with Crippen molar-refractivity contribution in [3.63, 3.8) is 0 Å². The second-order valence-electron chi connectivity index (χ2n) is 9.78. The highest BCUT2D eigenvalue weighted by atomic mass is 32.1. The number of nitrogens with one attached hydrogen (secondary N) is 1. The summed E-state index contributed by atoms with van der Waals surface area (Å²) in [7, 11) is 0. The summed E-state index contributed by atoms with van der Waals surface area (Å²) < 4.78 is 9.17. The van der Waals surface area contributed by atoms with Gasteiger partial charge in [-0.25, -0.2) is 4.98 Å². The van der Waals surface area contributed by atoms with Crippen molar-refractivity contribution in [1.82, 2.24) is 24.6 Å². The molecule has 40 heavy (non-hydrogen) atoms. The third-order valence-corrected chi connectivity index (χ3v) is 7.99. The summed E-state index contributed by atoms with van der Waals surface area (Å²) in [6.45, 7) is 12.4. The third-order valence-electron chi connectivity index (χ3n) is 7.05. The van der Waals surface area contributed by atoms with Crippen molar-refractivity contribution < 1.29 is 9.84 Å². The molecule has 4 aromatic rings. The highest BCUT2D eigenvalue weighted by Crippen LogP contribution is 2.33. The van der Waals surface area contributed by atoms with Crippen molar-refractivity contribution >= 4 is 26.7 Å². The van der Waals surface area contributed by atoms with E-state index in [2.05, 4.69) is 46.8 Å². The Morgan fingerprint density at radius 2 is 2.02 bits per heavy atom. The monoisotopic (exact) mass is 556 g/mol. The smallest absolute Gasteiger partial charge is 0.184 e. The predicted molar refractivity (Wildman–Crippen MR) is 163 cm³/mol. The van der Waals surface area contributed by atoms with E-state index in [1.54, 1.807) is 6.20 Å². The van der Waals surface area contributed by atoms with E-state index in [4.69, 9.17) is 9.72 Å². The van der Waals surface area contributed by atoms with Gasteiger partial charge >= 0.3 is 0 Å². The van der Waals surface area contributed by atoms with Crippen LogP contribution in [0.4, 0.5) is 5.13 Å². The number of fused-ring (bicyclic) bond motifs is 1. The Labute approximate surface area is 239 Å². The summed E-state index contributed by atoms with van der Waals surface area (Å²) in [5.74, 6) is 1.42. The molecule has 2 N–H and O–H groups in total. The minimum absolute atomic E-state index is 0.302. The van der Waals surface area contributed by atoms with Crippen molar-refractivity contribution in [2.45, 2.75) is 45.4 Å². The first-order valence-corrected chi connectivity index (χ1v) is 14.6. The van der Waals surface area contributed by atoms with Crippen LogP contribution in [0.5, 0.6) is 11.5 Å². The van der Waals surface area contributed by atoms with Gasteiger partial charge in [0.2, 0.25) is 0 Å². The molecule has 9 heteroatoms. The van der Waals surface area contributed by atoms with Gasteiger partial charge in [0.1, 0.15) is 11.5 Å². The van der Waals surface area contributed by atoms with E-state index in [1.165, 1.54) is 11.3 Å². The average molecular weight is 557 g/mol. The molecule has 1 aliphatic carbocycles. The lowest BCUT2D eigenvalue weighted by atomic mass is 10.00. The molecule has 0 amide bonds. The van der Waals surface area contributed by atoms with Gasteiger partial charge in [-0.15, -0.1) is 0 Å². The van der Waals surface area contributed by atoms with E-state index in [-0.39, 0.29) is 6.04 Å². The lowest BCUT2D eigenvalue weighted by molar-refractivity contribution is 0.156. The van der Waals surface area contributed by atoms with E-state index in [1.807, 2.05) is 65.6 Å². The molecule has 0 saturated carbocycles. The molecule has 0 fully saturated rings. The largest absolute Gasteiger partial charge is 0.457 e. The highest BCUT2D eigenvalue weighted by molar-refractivity contribution is 7.22. The van der Waals surface area contributed by atoms with Crippen molar-refractivity contribution in [2.24, 2.45) is 0 Å². The molecule has 0 unspecified atom stereocenters. The topological polar surface area (TPSA) is 88.3 Å². The minimum Gasteiger partial charge on any atom is -0.457 e. The molecule has 2 atom stereocenters. The van der Waals surface area contributed by atoms with Crippen LogP contribution in [0, 0.1) is 0 Å². The fourth-order valence-electron chi connectivity index (χ4n) is 4.66. The number of rotatable bonds is 10. The maximum Gasteiger partial charge on any atom is 0.184 e. The highest BCUT2D eigenvalue weighted by Gasteiger charge is 2.22. The van der Waals surface area contributed by atoms with Gasteiger partial charge in [0.05, 0.1) is 40.8 Å². The lowest BCUT2D eigenvalue weighted by Gasteiger charge is -2.24. The van der Waals surface area contributed by atoms with Gasteiger partial charge in [-0.1, -0.05) is 56.1 Å². The number of aromatic nitrogens is 4. The summed E-state index contributed by atoms with van der Waals surface area (Å²) in [4.78, 5) is 11.6. The SMILES string of the molecule is C=C1/C=C\C=C/CC[C@H](O)[C@@H]1Nc1nc2ccc(Oc3ccnc(-c4cnn(CCN(CC)CC)c4)c3)cc2s1. The molecule has 3 heterocycles. The maximum atomic E-state index is 10.7. The Balaban J connectivity index is 1.27. The van der Waals surface area contributed by atoms with Crippen LogP contribution in [0.25, 0.3) is 21.5 Å². The second-order valence-corrected chi connectivity index (χ2v) is 10.8. The number of anilines is 1. The Morgan fingerprint density at radius 1 is 1.18 bits per heavy atom. The first-order chi connectivity index (χ1) is 19.5. The average Bonchev–Trinajstić information content (AvgIpc) is 3.61. The number of benzene rings is 1. The fourth-order valence-corrected chi connectivity index (χ4v) is 5.59. The van der Waals surface area contributed by atoms with Gasteiger partial charge in [-0.3, -0.25) is 9.67 Å². The molecule has 0 bridgehead atoms. The van der Waals surface area contributed by atoms with Gasteiger partial charge in [-0.05, 0) is 49.7 Å². The van der Waals surface area contributed by atoms with E-state index in [0.29, 0.717) is 12.2 Å². The summed E-state index contributed by atoms with van der Waals surface area (Å²) in [6, 6.07) is 9.34. The van der Waals surface area contributed by atoms with Crippen LogP contribution >= 0.6 is 11.3 Å². The Hall–Kier alpha value is -3.79. The molecule has 0 saturated heterocycles. The molecule has 1 aliphatic rings. The standard InChI is InChI=1S/C31H36N6O2S/c1-4-36(5-2)16-17-37-21-23(20-33-37)27-18-25(14-15-32-27)39-24-12-13-26-29(19-24)40-31(34-26)35-30-22(3)10-8-6-7-9-11-28(30)38/h6-8,10,12-15,18-21,28,30,38H,3-5,9,11,16-17H2,1-2H3,(H,34,35)/b7-6-,10-8-/t28-,30+/m0/s1. The molecular formula is C31H36N6O2S. The number of aliphatic hydroxyl groups excluding tert-OH is 1. The van der Waals surface area contributed by atoms with Crippen LogP contribution in [0.3, 0.4) is 0 Å². The number of ether oxygens (including phenoxy) is 1. The Kier molecular flexibility index (Phi) is 9.05. The Bertz CT molecular complexity index is 1500. The third kappa shape index (κ3) is 6.85. The molecule has 1 aromatic carbocycles. The van der Waals surface area contributed by atoms with E-state index >= 15 is 0 Å². The van der Waals surface area contributed by atoms with Crippen LogP contribution in [0.1, 0.15) is 26.7 Å². The zero-order valence-corrected chi connectivity index (χ0v) is 23.8. The first kappa shape index (κ1) is 27.8. The van der Waals surface area contributed by atoms with Crippen LogP contribution in [0.15, 0.2) is 85.4 Å². The molecular weight excluding hydrogens is 520 g/mol. The number of hydrogen-bond donors (Lipinski definition) is 2. The van der Waals surface area contributed by atoms with Crippen LogP contribution in [0.2, 0.25) is 0 Å². The normalized spacial score (nSPS) is 19.2. The van der Waals surface area contributed by atoms with Gasteiger partial charge in [0.25, 0.3) is 0 Å². The number of likely N-dealkylation sites (N-methyl/N-ethyl adjacent to an activating group) is 1. The maximum absolute atomic E-state index is 10.7. The molecule has 0 aliphatic heterocycles. The van der Waals surface area contributed by atoms with Crippen LogP contribution in [-0.2, 0) is 6.54 Å². The molecule has 8 nitrogen and oxygen atoms in total. The van der Waals surface area contributed by atoms with Crippen molar-refractivity contribution in [3.8, 4) is 22.8 Å². The number of pyridine rings is 1. The van der Waals surface area contributed by atoms with Crippen molar-refractivity contribution in [3.05, 3.63) is 85.4 Å². The van der Waals surface area contributed by atoms with E-state index < -0.39 is 6.10 Å². The van der Waals surface area contributed by atoms with Crippen LogP contribution < -0.4 is 10.1 Å². The molecule has 5 rings (SSSR count). The quantitative estimate of drug-likeness (QED) is 0.237. The number of hydrogen-bond acceptors (Lipinski definition) is 8.